The lowest BCUT2D eigenvalue weighted by Crippen LogP contribution is -2.24. The molecule has 3 aromatic rings. The Labute approximate surface area is 229 Å². The smallest absolute Gasteiger partial charge is 0.271 e. The molecule has 39 heavy (non-hydrogen) atoms. The zero-order valence-corrected chi connectivity index (χ0v) is 22.6. The van der Waals surface area contributed by atoms with E-state index in [9.17, 15) is 19.3 Å². The van der Waals surface area contributed by atoms with Crippen LogP contribution in [0.15, 0.2) is 51.4 Å². The van der Waals surface area contributed by atoms with Crippen molar-refractivity contribution in [3.05, 3.63) is 73.9 Å². The van der Waals surface area contributed by atoms with Crippen LogP contribution in [0.1, 0.15) is 60.2 Å². The molecule has 0 spiro atoms. The maximum absolute atomic E-state index is 13.4. The van der Waals surface area contributed by atoms with E-state index in [1.54, 1.807) is 12.1 Å². The lowest BCUT2D eigenvalue weighted by Gasteiger charge is -2.12. The number of carbonyl (C=O) groups is 2. The highest BCUT2D eigenvalue weighted by molar-refractivity contribution is 7.10. The molecular formula is C28H30N6O4S. The van der Waals surface area contributed by atoms with Crippen molar-refractivity contribution in [2.45, 2.75) is 52.0 Å². The third-order valence-corrected chi connectivity index (χ3v) is 7.93. The molecule has 2 unspecified atom stereocenters. The van der Waals surface area contributed by atoms with Gasteiger partial charge in [0.15, 0.2) is 5.78 Å². The number of rotatable bonds is 10. The van der Waals surface area contributed by atoms with Crippen LogP contribution in [0.2, 0.25) is 0 Å². The van der Waals surface area contributed by atoms with Crippen LogP contribution in [0.25, 0.3) is 0 Å². The zero-order chi connectivity index (χ0) is 27.7. The fourth-order valence-corrected chi connectivity index (χ4v) is 5.91. The second-order valence-corrected chi connectivity index (χ2v) is 11.2. The molecule has 2 aromatic carbocycles. The first kappa shape index (κ1) is 26.5. The van der Waals surface area contributed by atoms with Gasteiger partial charge in [0.05, 0.1) is 0 Å². The SMILES string of the molecule is CC(=O)Nc1ccc2c(c1)CC(C(=O)c1ccc(Nc3s[nH]c(=O)c3C(N)=NC(C)CC3CC3)cc1N=O)C2. The summed E-state index contributed by atoms with van der Waals surface area (Å²) >= 11 is 1.08. The molecule has 5 rings (SSSR count). The molecule has 0 saturated heterocycles. The summed E-state index contributed by atoms with van der Waals surface area (Å²) < 4.78 is 2.68. The monoisotopic (exact) mass is 546 g/mol. The number of nitroso groups, excluding NO2 is 1. The van der Waals surface area contributed by atoms with Gasteiger partial charge >= 0.3 is 0 Å². The van der Waals surface area contributed by atoms with Crippen molar-refractivity contribution in [3.8, 4) is 0 Å². The number of H-pyrrole nitrogens is 1. The van der Waals surface area contributed by atoms with E-state index in [4.69, 9.17) is 5.73 Å². The van der Waals surface area contributed by atoms with Crippen molar-refractivity contribution in [2.75, 3.05) is 10.6 Å². The number of nitrogens with two attached hydrogens (primary N) is 1. The minimum Gasteiger partial charge on any atom is -0.383 e. The largest absolute Gasteiger partial charge is 0.383 e. The lowest BCUT2D eigenvalue weighted by atomic mass is 9.94. The molecule has 11 heteroatoms. The number of aromatic nitrogens is 1. The van der Waals surface area contributed by atoms with Crippen molar-refractivity contribution in [2.24, 2.45) is 27.7 Å². The number of amidine groups is 1. The number of ketones is 1. The number of Topliss-reactive ketones (excluding diaryl/α,β-unsaturated/α-hetero) is 1. The molecule has 1 amide bonds. The Bertz CT molecular complexity index is 1540. The van der Waals surface area contributed by atoms with E-state index in [1.165, 1.54) is 25.8 Å². The Morgan fingerprint density at radius 1 is 1.13 bits per heavy atom. The number of aliphatic imine (C=N–C) groups is 1. The second kappa shape index (κ2) is 10.9. The first-order valence-corrected chi connectivity index (χ1v) is 13.8. The van der Waals surface area contributed by atoms with Crippen LogP contribution in [0, 0.1) is 16.7 Å². The van der Waals surface area contributed by atoms with Gasteiger partial charge in [0.25, 0.3) is 5.56 Å². The highest BCUT2D eigenvalue weighted by Crippen LogP contribution is 2.36. The van der Waals surface area contributed by atoms with E-state index in [1.807, 2.05) is 25.1 Å². The van der Waals surface area contributed by atoms with Crippen molar-refractivity contribution in [1.82, 2.24) is 4.37 Å². The Morgan fingerprint density at radius 2 is 1.87 bits per heavy atom. The average Bonchev–Trinajstić information content (AvgIpc) is 3.47. The highest BCUT2D eigenvalue weighted by Gasteiger charge is 2.30. The molecule has 0 radical (unpaired) electrons. The minimum atomic E-state index is -0.342. The first-order chi connectivity index (χ1) is 18.7. The maximum atomic E-state index is 13.4. The molecule has 0 bridgehead atoms. The number of fused-ring (bicyclic) bond motifs is 1. The summed E-state index contributed by atoms with van der Waals surface area (Å²) in [5.74, 6) is 0.192. The number of nitrogens with zero attached hydrogens (tertiary/aromatic N) is 2. The van der Waals surface area contributed by atoms with Gasteiger partial charge in [0, 0.05) is 35.8 Å². The Hall–Kier alpha value is -4.12. The van der Waals surface area contributed by atoms with Gasteiger partial charge in [0.2, 0.25) is 5.91 Å². The molecule has 2 aliphatic carbocycles. The quantitative estimate of drug-likeness (QED) is 0.121. The van der Waals surface area contributed by atoms with Crippen LogP contribution in [0.5, 0.6) is 0 Å². The van der Waals surface area contributed by atoms with Crippen LogP contribution in [-0.2, 0) is 17.6 Å². The van der Waals surface area contributed by atoms with E-state index < -0.39 is 0 Å². The highest BCUT2D eigenvalue weighted by atomic mass is 32.1. The molecular weight excluding hydrogens is 516 g/mol. The van der Waals surface area contributed by atoms with Crippen LogP contribution >= 0.6 is 11.5 Å². The van der Waals surface area contributed by atoms with Crippen LogP contribution < -0.4 is 21.9 Å². The summed E-state index contributed by atoms with van der Waals surface area (Å²) in [7, 11) is 0. The van der Waals surface area contributed by atoms with Gasteiger partial charge in [-0.25, -0.2) is 0 Å². The number of aromatic amines is 1. The standard InChI is InChI=1S/C28H30N6O4S/c1-14(9-16-3-4-16)30-26(29)24-27(37)34-39-28(24)32-21-7-8-22(23(13-21)33-38)25(36)19-10-17-5-6-20(31-15(2)35)12-18(17)11-19/h5-8,12-14,16,19,32H,3-4,9-11H2,1-2H3,(H2,29,30)(H,31,35)(H,34,37). The average molecular weight is 547 g/mol. The molecule has 1 heterocycles. The third kappa shape index (κ3) is 5.98. The second-order valence-electron chi connectivity index (χ2n) is 10.4. The topological polar surface area (TPSA) is 159 Å². The zero-order valence-electron chi connectivity index (χ0n) is 21.7. The van der Waals surface area contributed by atoms with Gasteiger partial charge < -0.3 is 16.4 Å². The normalized spacial score (nSPS) is 17.4. The number of hydrogen-bond acceptors (Lipinski definition) is 8. The summed E-state index contributed by atoms with van der Waals surface area (Å²) in [4.78, 5) is 53.5. The number of nitrogens with one attached hydrogen (secondary N) is 3. The van der Waals surface area contributed by atoms with Gasteiger partial charge in [-0.05, 0) is 90.3 Å². The maximum Gasteiger partial charge on any atom is 0.271 e. The van der Waals surface area contributed by atoms with Gasteiger partial charge in [-0.3, -0.25) is 23.7 Å². The van der Waals surface area contributed by atoms with Crippen LogP contribution in [0.3, 0.4) is 0 Å². The molecule has 0 aliphatic heterocycles. The summed E-state index contributed by atoms with van der Waals surface area (Å²) in [5, 5.41) is 9.48. The van der Waals surface area contributed by atoms with Crippen molar-refractivity contribution >= 4 is 51.1 Å². The van der Waals surface area contributed by atoms with Crippen molar-refractivity contribution in [1.29, 1.82) is 0 Å². The molecule has 202 valence electrons. The molecule has 1 saturated carbocycles. The number of benzene rings is 2. The number of carbonyl (C=O) groups excluding carboxylic acids is 2. The van der Waals surface area contributed by atoms with E-state index in [-0.39, 0.29) is 51.9 Å². The molecule has 10 nitrogen and oxygen atoms in total. The third-order valence-electron chi connectivity index (χ3n) is 7.14. The summed E-state index contributed by atoms with van der Waals surface area (Å²) in [6.45, 7) is 3.43. The van der Waals surface area contributed by atoms with Crippen molar-refractivity contribution < 1.29 is 9.59 Å². The Morgan fingerprint density at radius 3 is 2.59 bits per heavy atom. The molecule has 1 aromatic heterocycles. The fourth-order valence-electron chi connectivity index (χ4n) is 5.14. The number of anilines is 3. The van der Waals surface area contributed by atoms with E-state index >= 15 is 0 Å². The molecule has 2 aliphatic rings. The van der Waals surface area contributed by atoms with E-state index in [2.05, 4.69) is 25.2 Å². The predicted molar refractivity (Wildman–Crippen MR) is 154 cm³/mol. The van der Waals surface area contributed by atoms with E-state index in [0.717, 1.165) is 29.1 Å². The number of hydrogen-bond donors (Lipinski definition) is 4. The summed E-state index contributed by atoms with van der Waals surface area (Å²) in [6.07, 6.45) is 4.43. The van der Waals surface area contributed by atoms with Gasteiger partial charge in [-0.2, -0.15) is 0 Å². The van der Waals surface area contributed by atoms with E-state index in [0.29, 0.717) is 35.1 Å². The van der Waals surface area contributed by atoms with Crippen LogP contribution in [0.4, 0.5) is 22.1 Å². The van der Waals surface area contributed by atoms with Gasteiger partial charge in [0.1, 0.15) is 22.1 Å². The molecule has 2 atom stereocenters. The Kier molecular flexibility index (Phi) is 7.42. The minimum absolute atomic E-state index is 0.0134. The van der Waals surface area contributed by atoms with Crippen LogP contribution in [-0.4, -0.2) is 27.9 Å². The van der Waals surface area contributed by atoms with Crippen molar-refractivity contribution in [3.63, 3.8) is 0 Å². The Balaban J connectivity index is 1.32. The fraction of sp³-hybridized carbons (Fsp3) is 0.357. The summed E-state index contributed by atoms with van der Waals surface area (Å²) in [5.41, 5.74) is 9.61. The molecule has 5 N–H and O–H groups in total. The van der Waals surface area contributed by atoms with Gasteiger partial charge in [-0.1, -0.05) is 18.9 Å². The lowest BCUT2D eigenvalue weighted by molar-refractivity contribution is -0.114. The summed E-state index contributed by atoms with van der Waals surface area (Å²) in [6, 6.07) is 10.4. The first-order valence-electron chi connectivity index (χ1n) is 12.9. The predicted octanol–water partition coefficient (Wildman–Crippen LogP) is 5.03. The number of amides is 1. The van der Waals surface area contributed by atoms with Gasteiger partial charge in [-0.15, -0.1) is 4.91 Å². The molecule has 1 fully saturated rings.